The number of hydrogen-bond donors (Lipinski definition) is 2. The highest BCUT2D eigenvalue weighted by molar-refractivity contribution is 5.87. The molecule has 0 spiro atoms. The second-order valence-electron chi connectivity index (χ2n) is 5.17. The lowest BCUT2D eigenvalue weighted by Gasteiger charge is -2.10. The lowest BCUT2D eigenvalue weighted by Crippen LogP contribution is -2.18. The van der Waals surface area contributed by atoms with Gasteiger partial charge in [-0.15, -0.1) is 0 Å². The molecule has 1 heterocycles. The smallest absolute Gasteiger partial charge is 0.120 e. The van der Waals surface area contributed by atoms with Gasteiger partial charge in [-0.1, -0.05) is 30.3 Å². The number of imidazole rings is 1. The largest absolute Gasteiger partial charge is 0.508 e. The average molecular weight is 281 g/mol. The van der Waals surface area contributed by atoms with Gasteiger partial charge in [0, 0.05) is 44.5 Å². The highest BCUT2D eigenvalue weighted by Crippen LogP contribution is 2.26. The number of phenols is 1. The number of phenolic OH excluding ortho intramolecular Hbond substituents is 1. The van der Waals surface area contributed by atoms with Crippen LogP contribution in [-0.4, -0.2) is 21.2 Å². The maximum absolute atomic E-state index is 10.1. The van der Waals surface area contributed by atoms with Gasteiger partial charge in [0.15, 0.2) is 0 Å². The molecule has 1 aromatic heterocycles. The fraction of sp³-hybridized carbons (Fsp3) is 0.235. The Morgan fingerprint density at radius 2 is 2.05 bits per heavy atom. The Hall–Kier alpha value is -2.33. The normalized spacial score (nSPS) is 11.1. The molecular formula is C17H19N3O. The monoisotopic (exact) mass is 281 g/mol. The van der Waals surface area contributed by atoms with Crippen LogP contribution in [0, 0.1) is 0 Å². The molecule has 0 saturated carbocycles. The third-order valence-electron chi connectivity index (χ3n) is 3.76. The summed E-state index contributed by atoms with van der Waals surface area (Å²) in [5.74, 6) is 1.41. The predicted molar refractivity (Wildman–Crippen MR) is 84.2 cm³/mol. The number of fused-ring (bicyclic) bond motifs is 1. The first-order valence-electron chi connectivity index (χ1n) is 7.12. The molecule has 0 aliphatic heterocycles. The van der Waals surface area contributed by atoms with Crippen LogP contribution in [0.15, 0.2) is 48.8 Å². The van der Waals surface area contributed by atoms with Crippen LogP contribution in [0.5, 0.6) is 5.75 Å². The van der Waals surface area contributed by atoms with Crippen molar-refractivity contribution in [3.8, 4) is 5.75 Å². The fourth-order valence-electron chi connectivity index (χ4n) is 2.56. The van der Waals surface area contributed by atoms with Crippen molar-refractivity contribution >= 4 is 10.8 Å². The van der Waals surface area contributed by atoms with Gasteiger partial charge in [0.05, 0.1) is 0 Å². The van der Waals surface area contributed by atoms with Gasteiger partial charge in [-0.3, -0.25) is 0 Å². The van der Waals surface area contributed by atoms with Crippen molar-refractivity contribution in [1.29, 1.82) is 0 Å². The van der Waals surface area contributed by atoms with E-state index >= 15 is 0 Å². The van der Waals surface area contributed by atoms with Crippen LogP contribution >= 0.6 is 0 Å². The molecule has 0 radical (unpaired) electrons. The van der Waals surface area contributed by atoms with E-state index in [1.54, 1.807) is 6.07 Å². The molecule has 4 heteroatoms. The third-order valence-corrected chi connectivity index (χ3v) is 3.76. The molecule has 2 aromatic carbocycles. The summed E-state index contributed by atoms with van der Waals surface area (Å²) in [4.78, 5) is 4.30. The van der Waals surface area contributed by atoms with Gasteiger partial charge in [0.25, 0.3) is 0 Å². The summed E-state index contributed by atoms with van der Waals surface area (Å²) in [6.07, 6.45) is 4.63. The van der Waals surface area contributed by atoms with Crippen molar-refractivity contribution in [3.05, 3.63) is 60.2 Å². The molecule has 0 amide bonds. The summed E-state index contributed by atoms with van der Waals surface area (Å²) in [7, 11) is 2.00. The average Bonchev–Trinajstić information content (AvgIpc) is 2.91. The number of aromatic hydroxyl groups is 1. The lowest BCUT2D eigenvalue weighted by atomic mass is 10.0. The Balaban J connectivity index is 1.68. The Kier molecular flexibility index (Phi) is 3.88. The van der Waals surface area contributed by atoms with Crippen molar-refractivity contribution in [2.75, 3.05) is 6.54 Å². The van der Waals surface area contributed by atoms with E-state index in [0.717, 1.165) is 35.1 Å². The first-order valence-corrected chi connectivity index (χ1v) is 7.12. The number of aryl methyl sites for hydroxylation is 1. The van der Waals surface area contributed by atoms with Crippen molar-refractivity contribution in [1.82, 2.24) is 14.9 Å². The van der Waals surface area contributed by atoms with E-state index in [9.17, 15) is 5.11 Å². The maximum atomic E-state index is 10.1. The minimum atomic E-state index is 0.346. The molecule has 0 bridgehead atoms. The van der Waals surface area contributed by atoms with Crippen LogP contribution in [0.2, 0.25) is 0 Å². The predicted octanol–water partition coefficient (Wildman–Crippen LogP) is 2.61. The number of nitrogens with zero attached hydrogens (tertiary/aromatic N) is 2. The highest BCUT2D eigenvalue weighted by atomic mass is 16.3. The number of aromatic nitrogens is 2. The Morgan fingerprint density at radius 3 is 2.86 bits per heavy atom. The SMILES string of the molecule is Cn1ccnc1CCNCc1c(O)ccc2ccccc12. The highest BCUT2D eigenvalue weighted by Gasteiger charge is 2.06. The van der Waals surface area contributed by atoms with E-state index in [2.05, 4.69) is 16.4 Å². The second-order valence-corrected chi connectivity index (χ2v) is 5.17. The molecule has 0 fully saturated rings. The molecule has 108 valence electrons. The molecule has 4 nitrogen and oxygen atoms in total. The van der Waals surface area contributed by atoms with Gasteiger partial charge in [-0.25, -0.2) is 4.98 Å². The zero-order chi connectivity index (χ0) is 14.7. The van der Waals surface area contributed by atoms with E-state index in [1.807, 2.05) is 48.3 Å². The first kappa shape index (κ1) is 13.6. The zero-order valence-corrected chi connectivity index (χ0v) is 12.1. The van der Waals surface area contributed by atoms with Crippen LogP contribution in [0.25, 0.3) is 10.8 Å². The molecular weight excluding hydrogens is 262 g/mol. The number of hydrogen-bond acceptors (Lipinski definition) is 3. The molecule has 21 heavy (non-hydrogen) atoms. The van der Waals surface area contributed by atoms with E-state index in [4.69, 9.17) is 0 Å². The third kappa shape index (κ3) is 2.90. The molecule has 0 aliphatic rings. The molecule has 2 N–H and O–H groups in total. The van der Waals surface area contributed by atoms with Crippen LogP contribution in [0.1, 0.15) is 11.4 Å². The molecule has 0 atom stereocenters. The van der Waals surface area contributed by atoms with Crippen LogP contribution in [-0.2, 0) is 20.0 Å². The van der Waals surface area contributed by atoms with E-state index < -0.39 is 0 Å². The van der Waals surface area contributed by atoms with E-state index in [1.165, 1.54) is 0 Å². The van der Waals surface area contributed by atoms with Crippen molar-refractivity contribution < 1.29 is 5.11 Å². The summed E-state index contributed by atoms with van der Waals surface area (Å²) in [6.45, 7) is 1.48. The van der Waals surface area contributed by atoms with Gasteiger partial charge < -0.3 is 15.0 Å². The Bertz CT molecular complexity index is 749. The molecule has 0 saturated heterocycles. The van der Waals surface area contributed by atoms with Gasteiger partial charge in [-0.05, 0) is 16.8 Å². The molecule has 3 rings (SSSR count). The van der Waals surface area contributed by atoms with Crippen molar-refractivity contribution in [2.45, 2.75) is 13.0 Å². The maximum Gasteiger partial charge on any atom is 0.120 e. The molecule has 3 aromatic rings. The minimum Gasteiger partial charge on any atom is -0.508 e. The van der Waals surface area contributed by atoms with E-state index in [-0.39, 0.29) is 0 Å². The van der Waals surface area contributed by atoms with Crippen LogP contribution in [0.3, 0.4) is 0 Å². The van der Waals surface area contributed by atoms with Gasteiger partial charge in [0.1, 0.15) is 11.6 Å². The first-order chi connectivity index (χ1) is 10.3. The number of rotatable bonds is 5. The summed E-state index contributed by atoms with van der Waals surface area (Å²) in [6, 6.07) is 11.8. The Labute approximate surface area is 124 Å². The minimum absolute atomic E-state index is 0.346. The van der Waals surface area contributed by atoms with Crippen molar-refractivity contribution in [3.63, 3.8) is 0 Å². The quantitative estimate of drug-likeness (QED) is 0.707. The van der Waals surface area contributed by atoms with Crippen LogP contribution < -0.4 is 5.32 Å². The van der Waals surface area contributed by atoms with Gasteiger partial charge >= 0.3 is 0 Å². The lowest BCUT2D eigenvalue weighted by molar-refractivity contribution is 0.466. The number of benzene rings is 2. The summed E-state index contributed by atoms with van der Waals surface area (Å²) >= 11 is 0. The summed E-state index contributed by atoms with van der Waals surface area (Å²) in [5.41, 5.74) is 0.952. The Morgan fingerprint density at radius 1 is 1.19 bits per heavy atom. The second kappa shape index (κ2) is 5.97. The standard InChI is InChI=1S/C17H19N3O/c1-20-11-10-19-17(20)8-9-18-12-15-14-5-3-2-4-13(14)6-7-16(15)21/h2-7,10-11,18,21H,8-9,12H2,1H3. The summed E-state index contributed by atoms with van der Waals surface area (Å²) < 4.78 is 2.02. The van der Waals surface area contributed by atoms with Crippen LogP contribution in [0.4, 0.5) is 0 Å². The molecule has 0 aliphatic carbocycles. The van der Waals surface area contributed by atoms with Gasteiger partial charge in [0.2, 0.25) is 0 Å². The molecule has 0 unspecified atom stereocenters. The summed E-state index contributed by atoms with van der Waals surface area (Å²) in [5, 5.41) is 15.7. The van der Waals surface area contributed by atoms with E-state index in [0.29, 0.717) is 12.3 Å². The topological polar surface area (TPSA) is 50.1 Å². The van der Waals surface area contributed by atoms with Gasteiger partial charge in [-0.2, -0.15) is 0 Å². The van der Waals surface area contributed by atoms with Crippen molar-refractivity contribution in [2.24, 2.45) is 7.05 Å². The number of nitrogens with one attached hydrogen (secondary N) is 1. The zero-order valence-electron chi connectivity index (χ0n) is 12.1. The fourth-order valence-corrected chi connectivity index (χ4v) is 2.56.